The topological polar surface area (TPSA) is 57.6 Å². The van der Waals surface area contributed by atoms with Gasteiger partial charge in [0.2, 0.25) is 0 Å². The van der Waals surface area contributed by atoms with Crippen LogP contribution in [0.5, 0.6) is 0 Å². The number of hydrogen-bond acceptors (Lipinski definition) is 4. The van der Waals surface area contributed by atoms with E-state index in [0.717, 1.165) is 34.9 Å². The number of amides is 1. The number of carboxylic acid groups (broad SMARTS) is 1. The maximum atomic E-state index is 13.5. The molecule has 1 N–H and O–H groups in total. The molecule has 1 aliphatic heterocycles. The largest absolute Gasteiger partial charge is 0.481 e. The van der Waals surface area contributed by atoms with E-state index in [2.05, 4.69) is 0 Å². The Balaban J connectivity index is 2.26. The molecular weight excluding hydrogens is 320 g/mol. The molecule has 1 aromatic rings. The fourth-order valence-corrected chi connectivity index (χ4v) is 2.97. The lowest BCUT2D eigenvalue weighted by Gasteiger charge is -2.12. The van der Waals surface area contributed by atoms with Gasteiger partial charge in [0.1, 0.15) is 16.0 Å². The summed E-state index contributed by atoms with van der Waals surface area (Å²) >= 11 is 5.86. The zero-order valence-electron chi connectivity index (χ0n) is 10.5. The van der Waals surface area contributed by atoms with Crippen LogP contribution < -0.4 is 0 Å². The molecule has 1 amide bonds. The van der Waals surface area contributed by atoms with E-state index in [4.69, 9.17) is 17.3 Å². The predicted octanol–water partition coefficient (Wildman–Crippen LogP) is 2.64. The number of benzene rings is 1. The molecule has 1 fully saturated rings. The molecule has 0 atom stereocenters. The van der Waals surface area contributed by atoms with E-state index >= 15 is 0 Å². The van der Waals surface area contributed by atoms with Crippen LogP contribution >= 0.6 is 24.0 Å². The zero-order chi connectivity index (χ0) is 15.6. The number of halogens is 2. The number of rotatable bonds is 4. The van der Waals surface area contributed by atoms with Crippen molar-refractivity contribution in [3.05, 3.63) is 40.3 Å². The molecule has 0 unspecified atom stereocenters. The number of carboxylic acids is 1. The van der Waals surface area contributed by atoms with E-state index in [1.54, 1.807) is 0 Å². The quantitative estimate of drug-likeness (QED) is 0.680. The molecule has 1 heterocycles. The summed E-state index contributed by atoms with van der Waals surface area (Å²) in [6.07, 6.45) is 0.832. The number of nitrogens with zero attached hydrogens (tertiary/aromatic N) is 1. The van der Waals surface area contributed by atoms with Crippen molar-refractivity contribution < 1.29 is 23.5 Å². The molecule has 0 bridgehead atoms. The Labute approximate surface area is 128 Å². The molecule has 1 aromatic carbocycles. The van der Waals surface area contributed by atoms with Crippen molar-refractivity contribution in [1.82, 2.24) is 4.90 Å². The Kier molecular flexibility index (Phi) is 4.69. The number of hydrogen-bond donors (Lipinski definition) is 1. The van der Waals surface area contributed by atoms with Crippen LogP contribution in [0.25, 0.3) is 6.08 Å². The fraction of sp³-hybridized carbons (Fsp3) is 0.154. The minimum absolute atomic E-state index is 0.0642. The Morgan fingerprint density at radius 1 is 1.38 bits per heavy atom. The van der Waals surface area contributed by atoms with Crippen molar-refractivity contribution in [2.24, 2.45) is 0 Å². The Bertz CT molecular complexity index is 641. The summed E-state index contributed by atoms with van der Waals surface area (Å²) in [6.45, 7) is -0.0723. The number of carbonyl (C=O) groups excluding carboxylic acids is 1. The highest BCUT2D eigenvalue weighted by Crippen LogP contribution is 2.33. The molecular formula is C13H9F2NO3S2. The van der Waals surface area contributed by atoms with Gasteiger partial charge in [-0.3, -0.25) is 14.5 Å². The number of thioether (sulfide) groups is 1. The van der Waals surface area contributed by atoms with E-state index in [1.807, 2.05) is 0 Å². The molecule has 0 saturated carbocycles. The third-order valence-corrected chi connectivity index (χ3v) is 4.08. The van der Waals surface area contributed by atoms with Gasteiger partial charge in [-0.05, 0) is 18.2 Å². The normalized spacial score (nSPS) is 16.9. The lowest BCUT2D eigenvalue weighted by Crippen LogP contribution is -2.30. The number of thiocarbonyl (C=S) groups is 1. The SMILES string of the molecule is O=C(O)CCN1C(=O)/C(=C\c2c(F)cccc2F)SC1=S. The minimum Gasteiger partial charge on any atom is -0.481 e. The average Bonchev–Trinajstić information content (AvgIpc) is 2.67. The van der Waals surface area contributed by atoms with E-state index in [1.165, 1.54) is 6.07 Å². The van der Waals surface area contributed by atoms with Gasteiger partial charge < -0.3 is 5.11 Å². The van der Waals surface area contributed by atoms with Gasteiger partial charge in [0.15, 0.2) is 0 Å². The second kappa shape index (κ2) is 6.31. The molecule has 0 aromatic heterocycles. The maximum absolute atomic E-state index is 13.5. The summed E-state index contributed by atoms with van der Waals surface area (Å²) in [5, 5.41) is 8.62. The van der Waals surface area contributed by atoms with E-state index in [9.17, 15) is 18.4 Å². The van der Waals surface area contributed by atoms with Crippen molar-refractivity contribution in [2.45, 2.75) is 6.42 Å². The minimum atomic E-state index is -1.06. The third-order valence-electron chi connectivity index (χ3n) is 2.70. The van der Waals surface area contributed by atoms with E-state index in [0.29, 0.717) is 0 Å². The van der Waals surface area contributed by atoms with E-state index in [-0.39, 0.29) is 27.8 Å². The highest BCUT2D eigenvalue weighted by atomic mass is 32.2. The highest BCUT2D eigenvalue weighted by molar-refractivity contribution is 8.26. The Morgan fingerprint density at radius 2 is 2.00 bits per heavy atom. The highest BCUT2D eigenvalue weighted by Gasteiger charge is 2.32. The molecule has 110 valence electrons. The Morgan fingerprint density at radius 3 is 2.57 bits per heavy atom. The number of aliphatic carboxylic acids is 1. The third kappa shape index (κ3) is 3.45. The van der Waals surface area contributed by atoms with Gasteiger partial charge in [-0.25, -0.2) is 8.78 Å². The van der Waals surface area contributed by atoms with E-state index < -0.39 is 23.5 Å². The van der Waals surface area contributed by atoms with Crippen LogP contribution in [0.4, 0.5) is 8.78 Å². The monoisotopic (exact) mass is 329 g/mol. The van der Waals surface area contributed by atoms with Gasteiger partial charge in [-0.15, -0.1) is 0 Å². The lowest BCUT2D eigenvalue weighted by molar-refractivity contribution is -0.137. The average molecular weight is 329 g/mol. The zero-order valence-corrected chi connectivity index (χ0v) is 12.1. The second-order valence-electron chi connectivity index (χ2n) is 4.11. The molecule has 8 heteroatoms. The first kappa shape index (κ1) is 15.6. The summed E-state index contributed by atoms with van der Waals surface area (Å²) in [5.41, 5.74) is -0.323. The van der Waals surface area contributed by atoms with Crippen LogP contribution in [0, 0.1) is 11.6 Å². The van der Waals surface area contributed by atoms with Gasteiger partial charge >= 0.3 is 5.97 Å². The van der Waals surface area contributed by atoms with Crippen LogP contribution in [-0.2, 0) is 9.59 Å². The van der Waals surface area contributed by atoms with Crippen LogP contribution in [0.1, 0.15) is 12.0 Å². The van der Waals surface area contributed by atoms with Crippen LogP contribution in [0.15, 0.2) is 23.1 Å². The van der Waals surface area contributed by atoms with Crippen molar-refractivity contribution in [3.8, 4) is 0 Å². The van der Waals surface area contributed by atoms with Crippen LogP contribution in [-0.4, -0.2) is 32.7 Å². The number of carbonyl (C=O) groups is 2. The van der Waals surface area contributed by atoms with Gasteiger partial charge in [-0.1, -0.05) is 30.0 Å². The standard InChI is InChI=1S/C13H9F2NO3S2/c14-8-2-1-3-9(15)7(8)6-10-12(19)16(13(20)21-10)5-4-11(17)18/h1-3,6H,4-5H2,(H,17,18)/b10-6+. The second-order valence-corrected chi connectivity index (χ2v) is 5.79. The summed E-state index contributed by atoms with van der Waals surface area (Å²) in [6, 6.07) is 3.39. The first-order chi connectivity index (χ1) is 9.90. The van der Waals surface area contributed by atoms with Crippen LogP contribution in [0.2, 0.25) is 0 Å². The maximum Gasteiger partial charge on any atom is 0.305 e. The molecule has 0 aliphatic carbocycles. The molecule has 1 saturated heterocycles. The van der Waals surface area contributed by atoms with Gasteiger partial charge in [0.05, 0.1) is 11.3 Å². The van der Waals surface area contributed by atoms with Crippen molar-refractivity contribution in [2.75, 3.05) is 6.54 Å². The first-order valence-corrected chi connectivity index (χ1v) is 7.04. The molecule has 21 heavy (non-hydrogen) atoms. The van der Waals surface area contributed by atoms with Crippen molar-refractivity contribution >= 4 is 46.3 Å². The van der Waals surface area contributed by atoms with Gasteiger partial charge in [-0.2, -0.15) is 0 Å². The molecule has 4 nitrogen and oxygen atoms in total. The fourth-order valence-electron chi connectivity index (χ4n) is 1.68. The molecule has 1 aliphatic rings. The van der Waals surface area contributed by atoms with Gasteiger partial charge in [0.25, 0.3) is 5.91 Å². The Hall–Kier alpha value is -1.80. The molecule has 2 rings (SSSR count). The molecule has 0 spiro atoms. The summed E-state index contributed by atoms with van der Waals surface area (Å²) < 4.78 is 27.3. The summed E-state index contributed by atoms with van der Waals surface area (Å²) in [5.74, 6) is -3.18. The first-order valence-electron chi connectivity index (χ1n) is 5.81. The van der Waals surface area contributed by atoms with Crippen molar-refractivity contribution in [1.29, 1.82) is 0 Å². The predicted molar refractivity (Wildman–Crippen MR) is 78.5 cm³/mol. The smallest absolute Gasteiger partial charge is 0.305 e. The van der Waals surface area contributed by atoms with Gasteiger partial charge in [0, 0.05) is 12.1 Å². The lowest BCUT2D eigenvalue weighted by atomic mass is 10.2. The van der Waals surface area contributed by atoms with Crippen LogP contribution in [0.3, 0.4) is 0 Å². The molecule has 0 radical (unpaired) electrons. The summed E-state index contributed by atoms with van der Waals surface area (Å²) in [4.78, 5) is 23.8. The summed E-state index contributed by atoms with van der Waals surface area (Å²) in [7, 11) is 0. The van der Waals surface area contributed by atoms with Crippen molar-refractivity contribution in [3.63, 3.8) is 0 Å².